The molecule has 1 fully saturated rings. The first-order valence-corrected chi connectivity index (χ1v) is 10.2. The van der Waals surface area contributed by atoms with Crippen LogP contribution in [-0.4, -0.2) is 43.7 Å². The number of halogens is 1. The van der Waals surface area contributed by atoms with Gasteiger partial charge in [-0.2, -0.15) is 0 Å². The lowest BCUT2D eigenvalue weighted by atomic mass is 9.89. The molecular weight excluding hydrogens is 382 g/mol. The molecule has 0 radical (unpaired) electrons. The van der Waals surface area contributed by atoms with Crippen LogP contribution < -0.4 is 0 Å². The van der Waals surface area contributed by atoms with E-state index in [1.807, 2.05) is 0 Å². The van der Waals surface area contributed by atoms with E-state index in [0.29, 0.717) is 18.6 Å². The molecule has 1 aliphatic carbocycles. The van der Waals surface area contributed by atoms with Gasteiger partial charge in [0.1, 0.15) is 17.9 Å². The maximum atomic E-state index is 12.1. The SMILES string of the molecule is CS(=O)(=O)c1ccc(C(O)=C2C(=O)CCCC2=O)c(Cl)c1C1=NOCC1. The molecule has 0 unspecified atom stereocenters. The zero-order valence-corrected chi connectivity index (χ0v) is 15.5. The van der Waals surface area contributed by atoms with Gasteiger partial charge in [-0.1, -0.05) is 16.8 Å². The van der Waals surface area contributed by atoms with Gasteiger partial charge in [0.25, 0.3) is 0 Å². The maximum absolute atomic E-state index is 12.1. The number of ketones is 2. The molecule has 1 aliphatic heterocycles. The van der Waals surface area contributed by atoms with E-state index in [1.165, 1.54) is 12.1 Å². The van der Waals surface area contributed by atoms with Crippen molar-refractivity contribution in [2.75, 3.05) is 12.9 Å². The van der Waals surface area contributed by atoms with Gasteiger partial charge in [0.2, 0.25) is 0 Å². The zero-order valence-electron chi connectivity index (χ0n) is 13.9. The van der Waals surface area contributed by atoms with Gasteiger partial charge in [-0.3, -0.25) is 9.59 Å². The number of Topliss-reactive ketones (excluding diaryl/α,β-unsaturated/α-hetero) is 2. The van der Waals surface area contributed by atoms with E-state index in [9.17, 15) is 23.1 Å². The van der Waals surface area contributed by atoms with Crippen molar-refractivity contribution in [3.05, 3.63) is 33.9 Å². The highest BCUT2D eigenvalue weighted by atomic mass is 35.5. The third-order valence-corrected chi connectivity index (χ3v) is 5.79. The molecule has 0 saturated heterocycles. The van der Waals surface area contributed by atoms with Crippen LogP contribution in [0.1, 0.15) is 36.8 Å². The van der Waals surface area contributed by atoms with Gasteiger partial charge >= 0.3 is 0 Å². The molecule has 1 aromatic rings. The second-order valence-corrected chi connectivity index (χ2v) is 8.48. The van der Waals surface area contributed by atoms with Crippen LogP contribution in [0.5, 0.6) is 0 Å². The van der Waals surface area contributed by atoms with E-state index in [4.69, 9.17) is 16.4 Å². The lowest BCUT2D eigenvalue weighted by Crippen LogP contribution is -2.21. The van der Waals surface area contributed by atoms with Crippen molar-refractivity contribution < 1.29 is 28.0 Å². The fourth-order valence-electron chi connectivity index (χ4n) is 3.02. The van der Waals surface area contributed by atoms with Gasteiger partial charge in [0.05, 0.1) is 15.6 Å². The molecule has 0 bridgehead atoms. The van der Waals surface area contributed by atoms with Crippen molar-refractivity contribution in [1.82, 2.24) is 0 Å². The number of aliphatic hydroxyl groups is 1. The van der Waals surface area contributed by atoms with Crippen LogP contribution in [0.25, 0.3) is 5.76 Å². The smallest absolute Gasteiger partial charge is 0.176 e. The number of sulfone groups is 1. The summed E-state index contributed by atoms with van der Waals surface area (Å²) in [5, 5.41) is 14.3. The van der Waals surface area contributed by atoms with E-state index in [2.05, 4.69) is 5.16 Å². The Bertz CT molecular complexity index is 959. The number of rotatable bonds is 3. The molecule has 2 aliphatic rings. The Morgan fingerprint density at radius 1 is 1.19 bits per heavy atom. The summed E-state index contributed by atoms with van der Waals surface area (Å²) < 4.78 is 24.2. The van der Waals surface area contributed by atoms with Crippen molar-refractivity contribution in [1.29, 1.82) is 0 Å². The average molecular weight is 398 g/mol. The maximum Gasteiger partial charge on any atom is 0.176 e. The number of allylic oxidation sites excluding steroid dienone is 1. The van der Waals surface area contributed by atoms with Crippen LogP contribution in [0.2, 0.25) is 5.02 Å². The molecule has 26 heavy (non-hydrogen) atoms. The Labute approximate surface area is 155 Å². The number of hydrogen-bond donors (Lipinski definition) is 1. The van der Waals surface area contributed by atoms with Crippen LogP contribution in [0, 0.1) is 0 Å². The van der Waals surface area contributed by atoms with Crippen molar-refractivity contribution in [3.63, 3.8) is 0 Å². The number of nitrogens with zero attached hydrogens (tertiary/aromatic N) is 1. The van der Waals surface area contributed by atoms with Crippen molar-refractivity contribution in [3.8, 4) is 0 Å². The first-order chi connectivity index (χ1) is 12.2. The third kappa shape index (κ3) is 3.26. The number of aliphatic hydroxyl groups excluding tert-OH is 1. The van der Waals surface area contributed by atoms with Gasteiger partial charge < -0.3 is 9.94 Å². The molecule has 1 saturated carbocycles. The fraction of sp³-hybridized carbons (Fsp3) is 0.353. The highest BCUT2D eigenvalue weighted by Crippen LogP contribution is 2.35. The van der Waals surface area contributed by atoms with E-state index >= 15 is 0 Å². The number of carbonyl (C=O) groups excluding carboxylic acids is 2. The summed E-state index contributed by atoms with van der Waals surface area (Å²) in [6, 6.07) is 2.57. The largest absolute Gasteiger partial charge is 0.506 e. The highest BCUT2D eigenvalue weighted by Gasteiger charge is 2.31. The second kappa shape index (κ2) is 6.85. The quantitative estimate of drug-likeness (QED) is 0.476. The first kappa shape index (κ1) is 18.6. The average Bonchev–Trinajstić information content (AvgIpc) is 3.07. The molecule has 7 nitrogen and oxygen atoms in total. The molecule has 1 N–H and O–H groups in total. The fourth-order valence-corrected chi connectivity index (χ4v) is 4.34. The predicted octanol–water partition coefficient (Wildman–Crippen LogP) is 2.46. The minimum Gasteiger partial charge on any atom is -0.506 e. The monoisotopic (exact) mass is 397 g/mol. The molecule has 9 heteroatoms. The Balaban J connectivity index is 2.26. The van der Waals surface area contributed by atoms with Gasteiger partial charge in [-0.15, -0.1) is 0 Å². The minimum absolute atomic E-state index is 0.0160. The van der Waals surface area contributed by atoms with Gasteiger partial charge in [-0.05, 0) is 18.6 Å². The Kier molecular flexibility index (Phi) is 4.90. The van der Waals surface area contributed by atoms with Gasteiger partial charge in [-0.25, -0.2) is 8.42 Å². The Hall–Kier alpha value is -2.19. The van der Waals surface area contributed by atoms with Crippen LogP contribution in [0.15, 0.2) is 27.8 Å². The summed E-state index contributed by atoms with van der Waals surface area (Å²) in [6.07, 6.45) is 2.15. The second-order valence-electron chi connectivity index (χ2n) is 6.12. The number of oxime groups is 1. The number of hydrogen-bond acceptors (Lipinski definition) is 7. The van der Waals surface area contributed by atoms with E-state index in [1.54, 1.807) is 0 Å². The summed E-state index contributed by atoms with van der Waals surface area (Å²) in [6.45, 7) is 0.281. The summed E-state index contributed by atoms with van der Waals surface area (Å²) in [7, 11) is -3.63. The molecule has 1 aromatic carbocycles. The minimum atomic E-state index is -3.63. The Morgan fingerprint density at radius 3 is 2.38 bits per heavy atom. The summed E-state index contributed by atoms with van der Waals surface area (Å²) in [4.78, 5) is 29.0. The lowest BCUT2D eigenvalue weighted by Gasteiger charge is -2.17. The molecule has 138 valence electrons. The first-order valence-electron chi connectivity index (χ1n) is 7.93. The molecule has 1 heterocycles. The predicted molar refractivity (Wildman–Crippen MR) is 95.1 cm³/mol. The van der Waals surface area contributed by atoms with Crippen molar-refractivity contribution >= 4 is 44.5 Å². The molecule has 0 atom stereocenters. The zero-order chi connectivity index (χ0) is 19.1. The van der Waals surface area contributed by atoms with Crippen molar-refractivity contribution in [2.24, 2.45) is 5.16 Å². The van der Waals surface area contributed by atoms with Crippen LogP contribution in [-0.2, 0) is 24.3 Å². The van der Waals surface area contributed by atoms with Crippen LogP contribution in [0.4, 0.5) is 0 Å². The lowest BCUT2D eigenvalue weighted by molar-refractivity contribution is -0.123. The van der Waals surface area contributed by atoms with E-state index in [0.717, 1.165) is 6.26 Å². The normalized spacial score (nSPS) is 17.9. The van der Waals surface area contributed by atoms with Crippen LogP contribution >= 0.6 is 11.6 Å². The molecular formula is C17H16ClNO6S. The Morgan fingerprint density at radius 2 is 1.85 bits per heavy atom. The summed E-state index contributed by atoms with van der Waals surface area (Å²) in [5.74, 6) is -1.44. The van der Waals surface area contributed by atoms with E-state index < -0.39 is 27.2 Å². The molecule has 0 spiro atoms. The summed E-state index contributed by atoms with van der Waals surface area (Å²) >= 11 is 6.39. The third-order valence-electron chi connectivity index (χ3n) is 4.25. The topological polar surface area (TPSA) is 110 Å². The van der Waals surface area contributed by atoms with Crippen LogP contribution in [0.3, 0.4) is 0 Å². The van der Waals surface area contributed by atoms with Gasteiger partial charge in [0, 0.05) is 36.6 Å². The molecule has 3 rings (SSSR count). The highest BCUT2D eigenvalue weighted by molar-refractivity contribution is 7.90. The molecule has 0 amide bonds. The summed E-state index contributed by atoms with van der Waals surface area (Å²) in [5.41, 5.74) is 0.173. The molecule has 0 aromatic heterocycles. The van der Waals surface area contributed by atoms with Crippen molar-refractivity contribution in [2.45, 2.75) is 30.6 Å². The standard InChI is InChI=1S/C17H16ClNO6S/c1-26(23,24)13-6-5-9(16(18)14(13)10-7-8-25-19-10)17(22)15-11(20)3-2-4-12(15)21/h5-6,22H,2-4,7-8H2,1H3. The van der Waals surface area contributed by atoms with E-state index in [-0.39, 0.29) is 46.1 Å². The number of benzene rings is 1. The van der Waals surface area contributed by atoms with Gasteiger partial charge in [0.15, 0.2) is 21.4 Å². The number of carbonyl (C=O) groups is 2.